The van der Waals surface area contributed by atoms with E-state index in [0.717, 1.165) is 5.96 Å². The van der Waals surface area contributed by atoms with E-state index < -0.39 is 13.3 Å². The van der Waals surface area contributed by atoms with Crippen LogP contribution in [-0.4, -0.2) is 20.7 Å². The second-order valence-corrected chi connectivity index (χ2v) is 4.39. The summed E-state index contributed by atoms with van der Waals surface area (Å²) in [5, 5.41) is 11.0. The Morgan fingerprint density at radius 2 is 2.24 bits per heavy atom. The Morgan fingerprint density at radius 1 is 1.59 bits per heavy atom. The highest BCUT2D eigenvalue weighted by Gasteiger charge is 2.15. The van der Waals surface area contributed by atoms with E-state index in [4.69, 9.17) is 21.4 Å². The summed E-state index contributed by atoms with van der Waals surface area (Å²) in [5.74, 6) is 0.895. The monoisotopic (exact) mass is 276 g/mol. The Bertz CT molecular complexity index is 465. The summed E-state index contributed by atoms with van der Waals surface area (Å²) in [6.45, 7) is 1.78. The highest BCUT2D eigenvalue weighted by molar-refractivity contribution is 7.61. The summed E-state index contributed by atoms with van der Waals surface area (Å²) in [7, 11) is -2.29. The van der Waals surface area contributed by atoms with E-state index in [1.165, 1.54) is 12.1 Å². The zero-order valence-electron chi connectivity index (χ0n) is 8.87. The van der Waals surface area contributed by atoms with Crippen LogP contribution in [0, 0.1) is 10.1 Å². The average Bonchev–Trinajstić information content (AvgIpc) is 2.26. The van der Waals surface area contributed by atoms with Crippen molar-refractivity contribution in [3.8, 4) is 0 Å². The summed E-state index contributed by atoms with van der Waals surface area (Å²) in [5.41, 5.74) is 0.574. The highest BCUT2D eigenvalue weighted by atomic mass is 35.5. The summed E-state index contributed by atoms with van der Waals surface area (Å²) in [6.07, 6.45) is 0.479. The maximum Gasteiger partial charge on any atom is 0.274 e. The van der Waals surface area contributed by atoms with Crippen molar-refractivity contribution in [2.45, 2.75) is 13.3 Å². The zero-order chi connectivity index (χ0) is 13.0. The van der Waals surface area contributed by atoms with Crippen LogP contribution in [0.3, 0.4) is 0 Å². The molecule has 2 N–H and O–H groups in total. The molecule has 0 amide bonds. The van der Waals surface area contributed by atoms with Crippen molar-refractivity contribution in [3.63, 3.8) is 0 Å². The lowest BCUT2D eigenvalue weighted by Gasteiger charge is -2.03. The molecule has 8 heteroatoms. The van der Waals surface area contributed by atoms with Gasteiger partial charge in [-0.1, -0.05) is 18.5 Å². The molecule has 6 nitrogen and oxygen atoms in total. The van der Waals surface area contributed by atoms with E-state index in [0.29, 0.717) is 12.0 Å². The predicted octanol–water partition coefficient (Wildman–Crippen LogP) is 2.77. The van der Waals surface area contributed by atoms with Gasteiger partial charge in [0.25, 0.3) is 5.69 Å². The molecule has 0 spiro atoms. The fourth-order valence-corrected chi connectivity index (χ4v) is 1.72. The maximum absolute atomic E-state index is 10.8. The molecule has 1 aromatic rings. The normalized spacial score (nSPS) is 11.4. The van der Waals surface area contributed by atoms with Crippen LogP contribution in [0.4, 0.5) is 11.4 Å². The molecule has 92 valence electrons. The largest absolute Gasteiger partial charge is 0.346 e. The molecule has 0 saturated carbocycles. The third-order valence-corrected chi connectivity index (χ3v) is 2.65. The molecule has 0 aliphatic heterocycles. The predicted molar refractivity (Wildman–Crippen MR) is 67.0 cm³/mol. The number of hydrogen-bond acceptors (Lipinski definition) is 5. The van der Waals surface area contributed by atoms with Gasteiger partial charge in [0, 0.05) is 11.6 Å². The summed E-state index contributed by atoms with van der Waals surface area (Å²) in [6, 6.07) is 2.68. The van der Waals surface area contributed by atoms with Crippen molar-refractivity contribution in [3.05, 3.63) is 32.8 Å². The second kappa shape index (κ2) is 6.02. The minimum absolute atomic E-state index is 0.0794. The molecule has 0 fully saturated rings. The number of nitro benzene ring substituents is 1. The third kappa shape index (κ3) is 3.71. The SMILES string of the molecule is CCc1cc(Cl)c(N=CP(O)O)cc1[N+](=O)[O-]. The molecule has 0 aliphatic rings. The Labute approximate surface area is 104 Å². The summed E-state index contributed by atoms with van der Waals surface area (Å²) < 4.78 is 0. The molecule has 0 radical (unpaired) electrons. The van der Waals surface area contributed by atoms with E-state index in [-0.39, 0.29) is 16.4 Å². The van der Waals surface area contributed by atoms with Gasteiger partial charge < -0.3 is 9.79 Å². The molecule has 1 rings (SSSR count). The second-order valence-electron chi connectivity index (χ2n) is 3.11. The van der Waals surface area contributed by atoms with Gasteiger partial charge >= 0.3 is 0 Å². The van der Waals surface area contributed by atoms with Gasteiger partial charge in [0.15, 0.2) is 0 Å². The zero-order valence-corrected chi connectivity index (χ0v) is 10.5. The minimum atomic E-state index is -2.29. The van der Waals surface area contributed by atoms with Crippen molar-refractivity contribution in [1.82, 2.24) is 0 Å². The van der Waals surface area contributed by atoms with Crippen LogP contribution in [0.5, 0.6) is 0 Å². The van der Waals surface area contributed by atoms with Crippen LogP contribution in [0.25, 0.3) is 0 Å². The molecular formula is C9H10ClN2O4P. The first-order valence-corrected chi connectivity index (χ1v) is 6.33. The van der Waals surface area contributed by atoms with Gasteiger partial charge in [-0.15, -0.1) is 0 Å². The molecule has 0 saturated heterocycles. The van der Waals surface area contributed by atoms with Crippen LogP contribution in [0.2, 0.25) is 5.02 Å². The van der Waals surface area contributed by atoms with E-state index >= 15 is 0 Å². The number of hydrogen-bond donors (Lipinski definition) is 2. The van der Waals surface area contributed by atoms with Crippen LogP contribution >= 0.6 is 20.0 Å². The van der Waals surface area contributed by atoms with Crippen molar-refractivity contribution in [2.75, 3.05) is 0 Å². The Kier molecular flexibility index (Phi) is 4.96. The number of aliphatic imine (C=N–C) groups is 1. The van der Waals surface area contributed by atoms with E-state index in [2.05, 4.69) is 4.99 Å². The van der Waals surface area contributed by atoms with E-state index in [1.54, 1.807) is 6.92 Å². The Balaban J connectivity index is 3.24. The van der Waals surface area contributed by atoms with E-state index in [9.17, 15) is 10.1 Å². The quantitative estimate of drug-likeness (QED) is 0.382. The molecule has 17 heavy (non-hydrogen) atoms. The van der Waals surface area contributed by atoms with Crippen molar-refractivity contribution in [1.29, 1.82) is 0 Å². The van der Waals surface area contributed by atoms with Crippen LogP contribution in [0.15, 0.2) is 17.1 Å². The van der Waals surface area contributed by atoms with Crippen molar-refractivity contribution in [2.24, 2.45) is 4.99 Å². The minimum Gasteiger partial charge on any atom is -0.346 e. The number of aryl methyl sites for hydroxylation is 1. The average molecular weight is 277 g/mol. The van der Waals surface area contributed by atoms with Gasteiger partial charge in [-0.3, -0.25) is 10.1 Å². The van der Waals surface area contributed by atoms with Gasteiger partial charge in [0.1, 0.15) is 0 Å². The number of rotatable bonds is 4. The molecule has 0 atom stereocenters. The van der Waals surface area contributed by atoms with Crippen molar-refractivity contribution < 1.29 is 14.7 Å². The first-order valence-electron chi connectivity index (χ1n) is 4.63. The lowest BCUT2D eigenvalue weighted by molar-refractivity contribution is -0.385. The fraction of sp³-hybridized carbons (Fsp3) is 0.222. The molecule has 0 unspecified atom stereocenters. The lowest BCUT2D eigenvalue weighted by Crippen LogP contribution is -1.94. The van der Waals surface area contributed by atoms with E-state index in [1.807, 2.05) is 0 Å². The maximum atomic E-state index is 10.8. The molecule has 0 aromatic heterocycles. The smallest absolute Gasteiger partial charge is 0.274 e. The summed E-state index contributed by atoms with van der Waals surface area (Å²) >= 11 is 5.88. The molecule has 0 heterocycles. The number of halogens is 1. The van der Waals surface area contributed by atoms with Gasteiger partial charge in [0.05, 0.1) is 21.6 Å². The Morgan fingerprint density at radius 3 is 2.71 bits per heavy atom. The van der Waals surface area contributed by atoms with Gasteiger partial charge in [-0.05, 0) is 12.5 Å². The fourth-order valence-electron chi connectivity index (χ4n) is 1.26. The Hall–Kier alpha value is -1.07. The highest BCUT2D eigenvalue weighted by Crippen LogP contribution is 2.34. The van der Waals surface area contributed by atoms with Crippen molar-refractivity contribution >= 4 is 37.3 Å². The van der Waals surface area contributed by atoms with Gasteiger partial charge in [-0.2, -0.15) is 0 Å². The number of benzene rings is 1. The van der Waals surface area contributed by atoms with Gasteiger partial charge in [-0.25, -0.2) is 4.99 Å². The number of nitro groups is 1. The third-order valence-electron chi connectivity index (χ3n) is 2.03. The first kappa shape index (κ1) is 14.0. The standard InChI is InChI=1S/C9H10ClN2O4P/c1-2-6-3-7(10)8(11-5-17(15)16)4-9(6)12(13)14/h3-5,15-16H,2H2,1H3. The molecule has 0 bridgehead atoms. The van der Waals surface area contributed by atoms with Crippen LogP contribution in [-0.2, 0) is 6.42 Å². The van der Waals surface area contributed by atoms with Gasteiger partial charge in [0.2, 0.25) is 8.38 Å². The molecule has 1 aromatic carbocycles. The first-order chi connectivity index (χ1) is 7.95. The molecular weight excluding hydrogens is 267 g/mol. The lowest BCUT2D eigenvalue weighted by atomic mass is 10.1. The topological polar surface area (TPSA) is 96.0 Å². The van der Waals surface area contributed by atoms with Crippen LogP contribution in [0.1, 0.15) is 12.5 Å². The molecule has 0 aliphatic carbocycles. The van der Waals surface area contributed by atoms with Crippen LogP contribution < -0.4 is 0 Å². The summed E-state index contributed by atoms with van der Waals surface area (Å²) in [4.78, 5) is 31.3. The number of nitrogens with zero attached hydrogens (tertiary/aromatic N) is 2.